The summed E-state index contributed by atoms with van der Waals surface area (Å²) in [7, 11) is -0.0742. The summed E-state index contributed by atoms with van der Waals surface area (Å²) < 4.78 is 24.4. The zero-order valence-electron chi connectivity index (χ0n) is 12.0. The van der Waals surface area contributed by atoms with Crippen LogP contribution < -0.4 is 5.32 Å². The van der Waals surface area contributed by atoms with E-state index in [0.717, 1.165) is 16.4 Å². The van der Waals surface area contributed by atoms with Crippen LogP contribution in [-0.4, -0.2) is 49.1 Å². The maximum absolute atomic E-state index is 11.6. The van der Waals surface area contributed by atoms with Crippen molar-refractivity contribution in [2.75, 3.05) is 26.4 Å². The quantitative estimate of drug-likeness (QED) is 0.774. The highest BCUT2D eigenvalue weighted by Crippen LogP contribution is 2.21. The molecule has 0 fully saturated rings. The number of aromatic nitrogens is 2. The molecule has 0 atom stereocenters. The van der Waals surface area contributed by atoms with E-state index in [0.29, 0.717) is 13.1 Å². The smallest absolute Gasteiger partial charge is 0.214 e. The number of hydrogen-bond acceptors (Lipinski definition) is 6. The van der Waals surface area contributed by atoms with Crippen molar-refractivity contribution in [2.45, 2.75) is 6.54 Å². The topological polar surface area (TPSA) is 75.2 Å². The van der Waals surface area contributed by atoms with Gasteiger partial charge in [-0.2, -0.15) is 0 Å². The van der Waals surface area contributed by atoms with Gasteiger partial charge >= 0.3 is 0 Å². The van der Waals surface area contributed by atoms with Gasteiger partial charge in [-0.15, -0.1) is 11.3 Å². The third kappa shape index (κ3) is 4.57. The highest BCUT2D eigenvalue weighted by molar-refractivity contribution is 7.89. The first-order valence-electron chi connectivity index (χ1n) is 6.46. The number of thiazole rings is 1. The fraction of sp³-hybridized carbons (Fsp3) is 0.385. The molecule has 2 aromatic heterocycles. The lowest BCUT2D eigenvalue weighted by Crippen LogP contribution is -2.31. The molecule has 0 aliphatic carbocycles. The van der Waals surface area contributed by atoms with Gasteiger partial charge in [0.05, 0.1) is 17.1 Å². The predicted molar refractivity (Wildman–Crippen MR) is 84.5 cm³/mol. The molecule has 0 aliphatic rings. The van der Waals surface area contributed by atoms with Crippen LogP contribution in [0.1, 0.15) is 5.69 Å². The van der Waals surface area contributed by atoms with Gasteiger partial charge in [-0.1, -0.05) is 6.07 Å². The van der Waals surface area contributed by atoms with Crippen LogP contribution in [0.25, 0.3) is 10.7 Å². The molecule has 0 aliphatic heterocycles. The Bertz CT molecular complexity index is 668. The van der Waals surface area contributed by atoms with Crippen molar-refractivity contribution in [2.24, 2.45) is 0 Å². The van der Waals surface area contributed by atoms with Crippen molar-refractivity contribution in [3.63, 3.8) is 0 Å². The van der Waals surface area contributed by atoms with E-state index < -0.39 is 10.0 Å². The molecule has 0 bridgehead atoms. The number of hydrogen-bond donors (Lipinski definition) is 1. The van der Waals surface area contributed by atoms with Gasteiger partial charge in [0.15, 0.2) is 0 Å². The fourth-order valence-electron chi connectivity index (χ4n) is 1.60. The maximum Gasteiger partial charge on any atom is 0.214 e. The Morgan fingerprint density at radius 2 is 2.14 bits per heavy atom. The van der Waals surface area contributed by atoms with E-state index in [9.17, 15) is 8.42 Å². The Labute approximate surface area is 128 Å². The number of rotatable bonds is 7. The van der Waals surface area contributed by atoms with Crippen molar-refractivity contribution >= 4 is 21.4 Å². The molecule has 0 unspecified atom stereocenters. The predicted octanol–water partition coefficient (Wildman–Crippen LogP) is 1.19. The molecule has 8 heteroatoms. The molecule has 2 heterocycles. The lowest BCUT2D eigenvalue weighted by atomic mass is 10.4. The summed E-state index contributed by atoms with van der Waals surface area (Å²) in [5.41, 5.74) is 1.74. The molecule has 0 spiro atoms. The van der Waals surface area contributed by atoms with E-state index >= 15 is 0 Å². The lowest BCUT2D eigenvalue weighted by Gasteiger charge is -2.11. The van der Waals surface area contributed by atoms with Crippen LogP contribution in [0.2, 0.25) is 0 Å². The molecular formula is C13H18N4O2S2. The van der Waals surface area contributed by atoms with Gasteiger partial charge < -0.3 is 5.32 Å². The molecule has 6 nitrogen and oxygen atoms in total. The standard InChI is InChI=1S/C13H18N4O2S2/c1-17(2)21(18,19)8-7-14-9-11-10-20-13(16-11)12-5-3-4-6-15-12/h3-6,10,14H,7-9H2,1-2H3. The highest BCUT2D eigenvalue weighted by atomic mass is 32.2. The minimum Gasteiger partial charge on any atom is -0.310 e. The summed E-state index contributed by atoms with van der Waals surface area (Å²) in [6.07, 6.45) is 1.74. The Morgan fingerprint density at radius 1 is 1.33 bits per heavy atom. The van der Waals surface area contributed by atoms with Crippen LogP contribution in [0.15, 0.2) is 29.8 Å². The lowest BCUT2D eigenvalue weighted by molar-refractivity contribution is 0.517. The SMILES string of the molecule is CN(C)S(=O)(=O)CCNCc1csc(-c2ccccn2)n1. The van der Waals surface area contributed by atoms with Gasteiger partial charge in [0, 0.05) is 38.8 Å². The van der Waals surface area contributed by atoms with Crippen molar-refractivity contribution in [1.29, 1.82) is 0 Å². The van der Waals surface area contributed by atoms with Gasteiger partial charge in [-0.3, -0.25) is 4.98 Å². The molecule has 0 radical (unpaired) electrons. The fourth-order valence-corrected chi connectivity index (χ4v) is 3.16. The third-order valence-electron chi connectivity index (χ3n) is 2.84. The molecule has 1 N–H and O–H groups in total. The Kier molecular flexibility index (Phi) is 5.40. The molecule has 0 saturated heterocycles. The second kappa shape index (κ2) is 7.08. The van der Waals surface area contributed by atoms with E-state index in [1.165, 1.54) is 29.7 Å². The van der Waals surface area contributed by atoms with E-state index in [1.807, 2.05) is 23.6 Å². The van der Waals surface area contributed by atoms with Crippen molar-refractivity contribution in [3.05, 3.63) is 35.5 Å². The van der Waals surface area contributed by atoms with E-state index in [4.69, 9.17) is 0 Å². The minimum atomic E-state index is -3.15. The van der Waals surface area contributed by atoms with E-state index in [-0.39, 0.29) is 5.75 Å². The van der Waals surface area contributed by atoms with Gasteiger partial charge in [-0.25, -0.2) is 17.7 Å². The minimum absolute atomic E-state index is 0.0806. The van der Waals surface area contributed by atoms with Crippen LogP contribution in [0.4, 0.5) is 0 Å². The van der Waals surface area contributed by atoms with Gasteiger partial charge in [0.2, 0.25) is 10.0 Å². The highest BCUT2D eigenvalue weighted by Gasteiger charge is 2.12. The largest absolute Gasteiger partial charge is 0.310 e. The van der Waals surface area contributed by atoms with Crippen LogP contribution in [0.5, 0.6) is 0 Å². The molecule has 2 rings (SSSR count). The summed E-state index contributed by atoms with van der Waals surface area (Å²) in [5.74, 6) is 0.0806. The summed E-state index contributed by atoms with van der Waals surface area (Å²) in [5, 5.41) is 5.92. The molecule has 0 amide bonds. The number of nitrogens with one attached hydrogen (secondary N) is 1. The first-order valence-corrected chi connectivity index (χ1v) is 8.94. The summed E-state index contributed by atoms with van der Waals surface area (Å²) in [4.78, 5) is 8.74. The second-order valence-corrected chi connectivity index (χ2v) is 7.79. The Hall–Kier alpha value is -1.35. The zero-order valence-corrected chi connectivity index (χ0v) is 13.6. The Morgan fingerprint density at radius 3 is 2.81 bits per heavy atom. The van der Waals surface area contributed by atoms with Crippen LogP contribution >= 0.6 is 11.3 Å². The first-order chi connectivity index (χ1) is 9.99. The summed E-state index contributed by atoms with van der Waals surface area (Å²) >= 11 is 1.53. The molecule has 0 aromatic carbocycles. The maximum atomic E-state index is 11.6. The first kappa shape index (κ1) is 16.0. The third-order valence-corrected chi connectivity index (χ3v) is 5.58. The molecule has 21 heavy (non-hydrogen) atoms. The van der Waals surface area contributed by atoms with Crippen LogP contribution in [0, 0.1) is 0 Å². The molecule has 2 aromatic rings. The molecule has 114 valence electrons. The van der Waals surface area contributed by atoms with Gasteiger partial charge in [0.1, 0.15) is 5.01 Å². The zero-order chi connectivity index (χ0) is 15.3. The van der Waals surface area contributed by atoms with Gasteiger partial charge in [0.25, 0.3) is 0 Å². The monoisotopic (exact) mass is 326 g/mol. The Balaban J connectivity index is 1.84. The number of sulfonamides is 1. The van der Waals surface area contributed by atoms with Crippen molar-refractivity contribution < 1.29 is 8.42 Å². The van der Waals surface area contributed by atoms with Crippen molar-refractivity contribution in [1.82, 2.24) is 19.6 Å². The average Bonchev–Trinajstić information content (AvgIpc) is 2.93. The van der Waals surface area contributed by atoms with Gasteiger partial charge in [-0.05, 0) is 12.1 Å². The molecular weight excluding hydrogens is 308 g/mol. The average molecular weight is 326 g/mol. The van der Waals surface area contributed by atoms with Crippen molar-refractivity contribution in [3.8, 4) is 10.7 Å². The summed E-state index contributed by atoms with van der Waals surface area (Å²) in [6, 6.07) is 5.71. The van der Waals surface area contributed by atoms with Crippen LogP contribution in [-0.2, 0) is 16.6 Å². The second-order valence-electron chi connectivity index (χ2n) is 4.63. The van der Waals surface area contributed by atoms with E-state index in [2.05, 4.69) is 15.3 Å². The summed E-state index contributed by atoms with van der Waals surface area (Å²) in [6.45, 7) is 0.948. The normalized spacial score (nSPS) is 12.0. The number of pyridine rings is 1. The van der Waals surface area contributed by atoms with E-state index in [1.54, 1.807) is 6.20 Å². The van der Waals surface area contributed by atoms with Crippen LogP contribution in [0.3, 0.4) is 0 Å². The number of nitrogens with zero attached hydrogens (tertiary/aromatic N) is 3. The molecule has 0 saturated carbocycles.